The Kier molecular flexibility index (Phi) is 48.4. The molecule has 0 radical (unpaired) electrons. The van der Waals surface area contributed by atoms with E-state index >= 15 is 0 Å². The first kappa shape index (κ1) is 57.3. The van der Waals surface area contributed by atoms with E-state index < -0.39 is 6.10 Å². The van der Waals surface area contributed by atoms with Crippen LogP contribution in [-0.2, 0) is 23.8 Å². The molecule has 1 unspecified atom stereocenters. The second kappa shape index (κ2) is 50.7. The predicted molar refractivity (Wildman–Crippen MR) is 260 cm³/mol. The second-order valence-corrected chi connectivity index (χ2v) is 16.7. The van der Waals surface area contributed by atoms with Gasteiger partial charge in [-0.3, -0.25) is 9.59 Å². The molecule has 0 fully saturated rings. The molecule has 0 aromatic carbocycles. The van der Waals surface area contributed by atoms with Crippen LogP contribution in [0.3, 0.4) is 0 Å². The van der Waals surface area contributed by atoms with Gasteiger partial charge in [0.2, 0.25) is 0 Å². The lowest BCUT2D eigenvalue weighted by atomic mass is 10.1. The number of hydrogen-bond donors (Lipinski definition) is 0. The van der Waals surface area contributed by atoms with E-state index in [1.54, 1.807) is 0 Å². The van der Waals surface area contributed by atoms with Crippen LogP contribution in [-0.4, -0.2) is 37.9 Å². The molecule has 0 bridgehead atoms. The van der Waals surface area contributed by atoms with Gasteiger partial charge in [0.05, 0.1) is 6.61 Å². The fraction of sp³-hybridized carbons (Fsp3) is 0.745. The number of esters is 2. The molecule has 0 aliphatic rings. The molecule has 0 aromatic rings. The van der Waals surface area contributed by atoms with Crippen molar-refractivity contribution < 1.29 is 23.8 Å². The lowest BCUT2D eigenvalue weighted by Crippen LogP contribution is -2.30. The lowest BCUT2D eigenvalue weighted by Gasteiger charge is -2.18. The summed E-state index contributed by atoms with van der Waals surface area (Å²) in [5, 5.41) is 0. The fourth-order valence-corrected chi connectivity index (χ4v) is 6.96. The Morgan fingerprint density at radius 2 is 0.750 bits per heavy atom. The van der Waals surface area contributed by atoms with Crippen LogP contribution < -0.4 is 0 Å². The van der Waals surface area contributed by atoms with E-state index in [1.807, 2.05) is 0 Å². The molecule has 0 aliphatic carbocycles. The highest BCUT2D eigenvalue weighted by molar-refractivity contribution is 5.70. The van der Waals surface area contributed by atoms with E-state index in [4.69, 9.17) is 14.2 Å². The van der Waals surface area contributed by atoms with Crippen LogP contribution in [0.2, 0.25) is 0 Å². The van der Waals surface area contributed by atoms with Crippen LogP contribution in [0.25, 0.3) is 0 Å². The molecule has 0 N–H and O–H groups in total. The van der Waals surface area contributed by atoms with Gasteiger partial charge < -0.3 is 14.2 Å². The molecule has 0 aromatic heterocycles. The summed E-state index contributed by atoms with van der Waals surface area (Å²) in [5.41, 5.74) is 0. The number of hydrogen-bond acceptors (Lipinski definition) is 5. The van der Waals surface area contributed by atoms with Crippen molar-refractivity contribution in [2.45, 2.75) is 245 Å². The van der Waals surface area contributed by atoms with Crippen LogP contribution >= 0.6 is 0 Å². The highest BCUT2D eigenvalue weighted by Crippen LogP contribution is 2.14. The SMILES string of the molecule is CC/C=C\C/C=C\C/C=C\C/C=C\CCCOCC(COC(=O)CCCCCCCCCCC/C=C\C/C=C\CCCCC)OC(=O)CCCCCCCCCCCCC. The van der Waals surface area contributed by atoms with Crippen molar-refractivity contribution in [1.29, 1.82) is 0 Å². The summed E-state index contributed by atoms with van der Waals surface area (Å²) in [4.78, 5) is 25.3. The summed E-state index contributed by atoms with van der Waals surface area (Å²) in [5.74, 6) is -0.429. The summed E-state index contributed by atoms with van der Waals surface area (Å²) in [6.45, 7) is 7.56. The molecule has 0 spiro atoms. The minimum atomic E-state index is -0.565. The van der Waals surface area contributed by atoms with Gasteiger partial charge in [-0.25, -0.2) is 0 Å². The third kappa shape index (κ3) is 48.0. The minimum absolute atomic E-state index is 0.0612. The van der Waals surface area contributed by atoms with Crippen molar-refractivity contribution in [3.05, 3.63) is 72.9 Å². The molecule has 0 rings (SSSR count). The molecule has 1 atom stereocenters. The zero-order valence-corrected chi connectivity index (χ0v) is 39.7. The molecule has 0 aliphatic heterocycles. The minimum Gasteiger partial charge on any atom is -0.462 e. The number of ether oxygens (including phenoxy) is 3. The van der Waals surface area contributed by atoms with Gasteiger partial charge in [0.25, 0.3) is 0 Å². The molecule has 5 nitrogen and oxygen atoms in total. The molecule has 0 amide bonds. The van der Waals surface area contributed by atoms with Gasteiger partial charge in [-0.2, -0.15) is 0 Å². The van der Waals surface area contributed by atoms with Crippen molar-refractivity contribution in [2.24, 2.45) is 0 Å². The number of allylic oxidation sites excluding steroid dienone is 12. The van der Waals surface area contributed by atoms with Crippen LogP contribution in [0.15, 0.2) is 72.9 Å². The third-order valence-corrected chi connectivity index (χ3v) is 10.7. The monoisotopic (exact) mass is 837 g/mol. The van der Waals surface area contributed by atoms with Crippen LogP contribution in [0, 0.1) is 0 Å². The first-order valence-corrected chi connectivity index (χ1v) is 25.5. The molecule has 5 heteroatoms. The summed E-state index contributed by atoms with van der Waals surface area (Å²) in [6, 6.07) is 0. The Bertz CT molecular complexity index is 1080. The molecule has 60 heavy (non-hydrogen) atoms. The number of carbonyl (C=O) groups excluding carboxylic acids is 2. The Morgan fingerprint density at radius 1 is 0.383 bits per heavy atom. The molecule has 0 saturated carbocycles. The highest BCUT2D eigenvalue weighted by Gasteiger charge is 2.17. The molecular weight excluding hydrogens is 741 g/mol. The van der Waals surface area contributed by atoms with Gasteiger partial charge in [-0.05, 0) is 83.5 Å². The molecule has 346 valence electrons. The van der Waals surface area contributed by atoms with E-state index in [0.29, 0.717) is 19.4 Å². The summed E-state index contributed by atoms with van der Waals surface area (Å²) < 4.78 is 17.3. The topological polar surface area (TPSA) is 61.8 Å². The van der Waals surface area contributed by atoms with Gasteiger partial charge in [0.1, 0.15) is 6.61 Å². The third-order valence-electron chi connectivity index (χ3n) is 10.7. The van der Waals surface area contributed by atoms with Crippen LogP contribution in [0.1, 0.15) is 239 Å². The average molecular weight is 837 g/mol. The summed E-state index contributed by atoms with van der Waals surface area (Å²) in [7, 11) is 0. The van der Waals surface area contributed by atoms with E-state index in [-0.39, 0.29) is 25.2 Å². The lowest BCUT2D eigenvalue weighted by molar-refractivity contribution is -0.163. The maximum Gasteiger partial charge on any atom is 0.306 e. The molecular formula is C55H96O5. The number of carbonyl (C=O) groups is 2. The zero-order chi connectivity index (χ0) is 43.5. The summed E-state index contributed by atoms with van der Waals surface area (Å²) in [6.07, 6.45) is 64.9. The highest BCUT2D eigenvalue weighted by atomic mass is 16.6. The van der Waals surface area contributed by atoms with E-state index in [9.17, 15) is 9.59 Å². The number of unbranched alkanes of at least 4 members (excludes halogenated alkanes) is 23. The predicted octanol–water partition coefficient (Wildman–Crippen LogP) is 17.1. The van der Waals surface area contributed by atoms with E-state index in [1.165, 1.54) is 128 Å². The van der Waals surface area contributed by atoms with Crippen molar-refractivity contribution >= 4 is 11.9 Å². The largest absolute Gasteiger partial charge is 0.462 e. The van der Waals surface area contributed by atoms with Gasteiger partial charge in [-0.1, -0.05) is 216 Å². The average Bonchev–Trinajstić information content (AvgIpc) is 3.25. The Balaban J connectivity index is 4.28. The van der Waals surface area contributed by atoms with Crippen molar-refractivity contribution in [1.82, 2.24) is 0 Å². The fourth-order valence-electron chi connectivity index (χ4n) is 6.96. The Hall–Kier alpha value is -2.66. The smallest absolute Gasteiger partial charge is 0.306 e. The molecule has 0 heterocycles. The van der Waals surface area contributed by atoms with Gasteiger partial charge in [0, 0.05) is 19.4 Å². The van der Waals surface area contributed by atoms with Crippen molar-refractivity contribution in [3.63, 3.8) is 0 Å². The van der Waals surface area contributed by atoms with Gasteiger partial charge >= 0.3 is 11.9 Å². The number of rotatable bonds is 46. The van der Waals surface area contributed by atoms with Crippen molar-refractivity contribution in [2.75, 3.05) is 19.8 Å². The van der Waals surface area contributed by atoms with Gasteiger partial charge in [-0.15, -0.1) is 0 Å². The Morgan fingerprint density at radius 3 is 1.23 bits per heavy atom. The maximum atomic E-state index is 12.7. The molecule has 0 saturated heterocycles. The first-order valence-electron chi connectivity index (χ1n) is 25.5. The van der Waals surface area contributed by atoms with Gasteiger partial charge in [0.15, 0.2) is 6.10 Å². The van der Waals surface area contributed by atoms with Crippen LogP contribution in [0.4, 0.5) is 0 Å². The maximum absolute atomic E-state index is 12.7. The standard InChI is InChI=1S/C55H96O5/c1-4-7-10-13-16-19-22-24-26-27-28-29-30-31-34-36-39-42-45-48-54(56)59-52-53(60-55(57)49-46-43-40-37-33-21-18-15-12-9-6-3)51-58-50-47-44-41-38-35-32-25-23-20-17-14-11-8-5-2/h8,11,16-17,19-20,24-26,32,38,41,53H,4-7,9-10,12-15,18,21-23,27-31,33-37,39-40,42-52H2,1-3H3/b11-8-,19-16-,20-17-,26-24-,32-25-,41-38-. The normalized spacial score (nSPS) is 12.8. The first-order chi connectivity index (χ1) is 29.6. The van der Waals surface area contributed by atoms with Crippen molar-refractivity contribution in [3.8, 4) is 0 Å². The van der Waals surface area contributed by atoms with E-state index in [2.05, 4.69) is 93.7 Å². The quantitative estimate of drug-likeness (QED) is 0.0347. The second-order valence-electron chi connectivity index (χ2n) is 16.7. The van der Waals surface area contributed by atoms with Crippen LogP contribution in [0.5, 0.6) is 0 Å². The summed E-state index contributed by atoms with van der Waals surface area (Å²) >= 11 is 0. The zero-order valence-electron chi connectivity index (χ0n) is 39.7. The Labute approximate surface area is 372 Å². The van der Waals surface area contributed by atoms with E-state index in [0.717, 1.165) is 77.0 Å².